The van der Waals surface area contributed by atoms with Gasteiger partial charge in [-0.2, -0.15) is 0 Å². The van der Waals surface area contributed by atoms with E-state index in [2.05, 4.69) is 0 Å². The second-order valence-electron chi connectivity index (χ2n) is 5.57. The number of primary amides is 1. The zero-order valence-corrected chi connectivity index (χ0v) is 13.6. The van der Waals surface area contributed by atoms with E-state index in [9.17, 15) is 9.00 Å². The van der Waals surface area contributed by atoms with Crippen molar-refractivity contribution in [1.82, 2.24) is 0 Å². The van der Waals surface area contributed by atoms with Crippen LogP contribution >= 0.6 is 0 Å². The lowest BCUT2D eigenvalue weighted by Crippen LogP contribution is -2.17. The molecule has 0 aromatic heterocycles. The van der Waals surface area contributed by atoms with Crippen LogP contribution in [0.5, 0.6) is 11.5 Å². The number of nitrogens with two attached hydrogens (primary N) is 1. The van der Waals surface area contributed by atoms with Crippen molar-refractivity contribution >= 4 is 16.7 Å². The minimum atomic E-state index is -1.08. The second kappa shape index (κ2) is 6.96. The first-order valence-corrected chi connectivity index (χ1v) is 9.06. The van der Waals surface area contributed by atoms with Crippen LogP contribution in [0.15, 0.2) is 48.5 Å². The third-order valence-electron chi connectivity index (χ3n) is 3.90. The first-order chi connectivity index (χ1) is 11.2. The molecule has 0 saturated carbocycles. The number of ether oxygens (including phenoxy) is 1. The van der Waals surface area contributed by atoms with E-state index in [4.69, 9.17) is 10.5 Å². The van der Waals surface area contributed by atoms with Gasteiger partial charge in [-0.15, -0.1) is 0 Å². The maximum atomic E-state index is 12.9. The number of hydrogen-bond acceptors (Lipinski definition) is 3. The number of para-hydroxylation sites is 2. The lowest BCUT2D eigenvalue weighted by molar-refractivity contribution is -0.118. The molecule has 4 nitrogen and oxygen atoms in total. The molecule has 1 atom stereocenters. The van der Waals surface area contributed by atoms with Crippen molar-refractivity contribution in [3.63, 3.8) is 0 Å². The van der Waals surface area contributed by atoms with Gasteiger partial charge in [0.2, 0.25) is 5.91 Å². The molecule has 0 radical (unpaired) electrons. The predicted molar refractivity (Wildman–Crippen MR) is 90.9 cm³/mol. The summed E-state index contributed by atoms with van der Waals surface area (Å²) in [6.45, 7) is 0. The van der Waals surface area contributed by atoms with Gasteiger partial charge in [-0.1, -0.05) is 36.4 Å². The Bertz CT molecular complexity index is 699. The highest BCUT2D eigenvalue weighted by atomic mass is 32.2. The summed E-state index contributed by atoms with van der Waals surface area (Å²) in [5.74, 6) is 1.77. The monoisotopic (exact) mass is 329 g/mol. The molecule has 120 valence electrons. The molecule has 2 aromatic carbocycles. The van der Waals surface area contributed by atoms with Crippen LogP contribution in [0.25, 0.3) is 0 Å². The summed E-state index contributed by atoms with van der Waals surface area (Å²) in [6.07, 6.45) is 1.74. The number of rotatable bonds is 6. The molecule has 1 aliphatic heterocycles. The average molecular weight is 329 g/mol. The Balaban J connectivity index is 1.83. The van der Waals surface area contributed by atoms with Gasteiger partial charge in [0, 0.05) is 34.1 Å². The topological polar surface area (TPSA) is 69.4 Å². The normalized spacial score (nSPS) is 14.4. The Hall–Kier alpha value is -2.14. The zero-order valence-electron chi connectivity index (χ0n) is 12.7. The van der Waals surface area contributed by atoms with Crippen LogP contribution in [0, 0.1) is 0 Å². The summed E-state index contributed by atoms with van der Waals surface area (Å²) in [7, 11) is -1.08. The maximum Gasteiger partial charge on any atom is 0.217 e. The van der Waals surface area contributed by atoms with E-state index in [-0.39, 0.29) is 11.2 Å². The molecule has 0 saturated heterocycles. The van der Waals surface area contributed by atoms with E-state index in [0.29, 0.717) is 18.6 Å². The number of carbonyl (C=O) groups is 1. The fraction of sp³-hybridized carbons (Fsp3) is 0.278. The molecule has 3 rings (SSSR count). The zero-order chi connectivity index (χ0) is 16.2. The summed E-state index contributed by atoms with van der Waals surface area (Å²) in [6, 6.07) is 15.5. The van der Waals surface area contributed by atoms with E-state index >= 15 is 0 Å². The highest BCUT2D eigenvalue weighted by Crippen LogP contribution is 2.45. The van der Waals surface area contributed by atoms with Crippen LogP contribution in [-0.4, -0.2) is 15.9 Å². The Morgan fingerprint density at radius 2 is 1.57 bits per heavy atom. The van der Waals surface area contributed by atoms with Crippen LogP contribution < -0.4 is 10.5 Å². The minimum Gasteiger partial charge on any atom is -0.457 e. The van der Waals surface area contributed by atoms with E-state index in [1.165, 1.54) is 0 Å². The lowest BCUT2D eigenvalue weighted by Gasteiger charge is -2.27. The SMILES string of the molecule is NC(=O)CCCCS(=O)C1c2ccccc2Oc2ccccc21. The number of amides is 1. The third-order valence-corrected chi connectivity index (χ3v) is 5.63. The van der Waals surface area contributed by atoms with Gasteiger partial charge in [-0.25, -0.2) is 0 Å². The van der Waals surface area contributed by atoms with Crippen LogP contribution in [0.2, 0.25) is 0 Å². The fourth-order valence-corrected chi connectivity index (χ4v) is 4.49. The summed E-state index contributed by atoms with van der Waals surface area (Å²) < 4.78 is 18.8. The summed E-state index contributed by atoms with van der Waals surface area (Å²) in [4.78, 5) is 10.8. The fourth-order valence-electron chi connectivity index (χ4n) is 2.81. The molecule has 0 aliphatic carbocycles. The van der Waals surface area contributed by atoms with Crippen molar-refractivity contribution in [3.8, 4) is 11.5 Å². The largest absolute Gasteiger partial charge is 0.457 e. The lowest BCUT2D eigenvalue weighted by atomic mass is 10.00. The summed E-state index contributed by atoms with van der Waals surface area (Å²) in [5, 5.41) is -0.190. The first kappa shape index (κ1) is 15.7. The van der Waals surface area contributed by atoms with Crippen molar-refractivity contribution in [2.24, 2.45) is 5.73 Å². The molecule has 0 bridgehead atoms. The number of hydrogen-bond donors (Lipinski definition) is 1. The van der Waals surface area contributed by atoms with Crippen molar-refractivity contribution in [2.75, 3.05) is 5.75 Å². The van der Waals surface area contributed by atoms with Crippen LogP contribution in [-0.2, 0) is 15.6 Å². The molecule has 1 heterocycles. The van der Waals surface area contributed by atoms with Crippen molar-refractivity contribution in [2.45, 2.75) is 24.5 Å². The Morgan fingerprint density at radius 1 is 1.00 bits per heavy atom. The quantitative estimate of drug-likeness (QED) is 0.827. The second-order valence-corrected chi connectivity index (χ2v) is 7.21. The van der Waals surface area contributed by atoms with Crippen LogP contribution in [0.4, 0.5) is 0 Å². The van der Waals surface area contributed by atoms with Crippen molar-refractivity contribution < 1.29 is 13.7 Å². The summed E-state index contributed by atoms with van der Waals surface area (Å²) in [5.41, 5.74) is 7.06. The van der Waals surface area contributed by atoms with E-state index in [0.717, 1.165) is 29.0 Å². The van der Waals surface area contributed by atoms with E-state index in [1.54, 1.807) is 0 Å². The molecule has 23 heavy (non-hydrogen) atoms. The average Bonchev–Trinajstić information content (AvgIpc) is 2.56. The highest BCUT2D eigenvalue weighted by molar-refractivity contribution is 7.85. The predicted octanol–water partition coefficient (Wildman–Crippen LogP) is 3.29. The molecule has 5 heteroatoms. The van der Waals surface area contributed by atoms with Crippen molar-refractivity contribution in [3.05, 3.63) is 59.7 Å². The van der Waals surface area contributed by atoms with E-state index in [1.807, 2.05) is 48.5 Å². The van der Waals surface area contributed by atoms with Gasteiger partial charge in [-0.05, 0) is 25.0 Å². The van der Waals surface area contributed by atoms with Gasteiger partial charge in [0.25, 0.3) is 0 Å². The molecular weight excluding hydrogens is 310 g/mol. The Kier molecular flexibility index (Phi) is 4.76. The smallest absolute Gasteiger partial charge is 0.217 e. The van der Waals surface area contributed by atoms with Crippen LogP contribution in [0.3, 0.4) is 0 Å². The van der Waals surface area contributed by atoms with Gasteiger partial charge in [0.1, 0.15) is 11.5 Å². The maximum absolute atomic E-state index is 12.9. The molecule has 0 fully saturated rings. The molecular formula is C18H19NO3S. The van der Waals surface area contributed by atoms with Gasteiger partial charge >= 0.3 is 0 Å². The number of benzene rings is 2. The van der Waals surface area contributed by atoms with Gasteiger partial charge in [0.05, 0.1) is 5.25 Å². The Labute approximate surface area is 138 Å². The number of fused-ring (bicyclic) bond motifs is 2. The number of carbonyl (C=O) groups excluding carboxylic acids is 1. The molecule has 1 amide bonds. The molecule has 0 spiro atoms. The molecule has 1 aliphatic rings. The highest BCUT2D eigenvalue weighted by Gasteiger charge is 2.30. The standard InChI is InChI=1S/C18H19NO3S/c19-17(20)11-5-6-12-23(21)18-13-7-1-3-9-15(13)22-16-10-4-2-8-14(16)18/h1-4,7-10,18H,5-6,11-12H2,(H2,19,20). The summed E-state index contributed by atoms with van der Waals surface area (Å²) >= 11 is 0. The number of unbranched alkanes of at least 4 members (excludes halogenated alkanes) is 1. The van der Waals surface area contributed by atoms with Crippen LogP contribution in [0.1, 0.15) is 35.6 Å². The van der Waals surface area contributed by atoms with E-state index < -0.39 is 10.8 Å². The molecule has 1 unspecified atom stereocenters. The molecule has 2 aromatic rings. The molecule has 2 N–H and O–H groups in total. The third kappa shape index (κ3) is 3.45. The van der Waals surface area contributed by atoms with Crippen molar-refractivity contribution in [1.29, 1.82) is 0 Å². The van der Waals surface area contributed by atoms with Gasteiger partial charge in [0.15, 0.2) is 0 Å². The first-order valence-electron chi connectivity index (χ1n) is 7.68. The van der Waals surface area contributed by atoms with Gasteiger partial charge < -0.3 is 10.5 Å². The van der Waals surface area contributed by atoms with Gasteiger partial charge in [-0.3, -0.25) is 9.00 Å². The minimum absolute atomic E-state index is 0.190. The Morgan fingerprint density at radius 3 is 2.13 bits per heavy atom.